The number of rotatable bonds is 5. The van der Waals surface area contributed by atoms with Crippen molar-refractivity contribution in [3.8, 4) is 0 Å². The third-order valence-electron chi connectivity index (χ3n) is 4.88. The van der Waals surface area contributed by atoms with E-state index < -0.39 is 0 Å². The molecule has 0 bridgehead atoms. The van der Waals surface area contributed by atoms with Gasteiger partial charge in [0, 0.05) is 6.04 Å². The minimum atomic E-state index is -0.253. The average Bonchev–Trinajstić information content (AvgIpc) is 2.49. The summed E-state index contributed by atoms with van der Waals surface area (Å²) >= 11 is 5.87. The van der Waals surface area contributed by atoms with Gasteiger partial charge in [0.05, 0.1) is 5.02 Å². The second-order valence-electron chi connectivity index (χ2n) is 6.00. The average molecular weight is 298 g/mol. The Morgan fingerprint density at radius 1 is 1.30 bits per heavy atom. The minimum Gasteiger partial charge on any atom is -0.316 e. The molecule has 1 aromatic rings. The van der Waals surface area contributed by atoms with E-state index in [1.165, 1.54) is 32.1 Å². The molecule has 0 spiro atoms. The maximum atomic E-state index is 14.0. The number of benzene rings is 1. The van der Waals surface area contributed by atoms with Gasteiger partial charge in [-0.2, -0.15) is 0 Å². The molecular weight excluding hydrogens is 273 g/mol. The summed E-state index contributed by atoms with van der Waals surface area (Å²) in [6.07, 6.45) is 7.16. The SMILES string of the molecule is CCC1CCC(C(Cc2cccc(Cl)c2F)NC)CC1. The van der Waals surface area contributed by atoms with Gasteiger partial charge in [-0.3, -0.25) is 0 Å². The van der Waals surface area contributed by atoms with Crippen LogP contribution < -0.4 is 5.32 Å². The smallest absolute Gasteiger partial charge is 0.145 e. The quantitative estimate of drug-likeness (QED) is 0.821. The molecule has 1 atom stereocenters. The largest absolute Gasteiger partial charge is 0.316 e. The molecule has 0 saturated heterocycles. The maximum Gasteiger partial charge on any atom is 0.145 e. The highest BCUT2D eigenvalue weighted by molar-refractivity contribution is 6.30. The molecule has 1 fully saturated rings. The second-order valence-corrected chi connectivity index (χ2v) is 6.41. The monoisotopic (exact) mass is 297 g/mol. The highest BCUT2D eigenvalue weighted by atomic mass is 35.5. The van der Waals surface area contributed by atoms with Gasteiger partial charge in [0.1, 0.15) is 5.82 Å². The molecule has 1 saturated carbocycles. The molecule has 20 heavy (non-hydrogen) atoms. The number of hydrogen-bond acceptors (Lipinski definition) is 1. The van der Waals surface area contributed by atoms with Crippen molar-refractivity contribution in [3.63, 3.8) is 0 Å². The number of nitrogens with one attached hydrogen (secondary N) is 1. The molecule has 0 radical (unpaired) electrons. The predicted octanol–water partition coefficient (Wildman–Crippen LogP) is 4.83. The lowest BCUT2D eigenvalue weighted by Gasteiger charge is -2.33. The van der Waals surface area contributed by atoms with E-state index in [9.17, 15) is 4.39 Å². The molecule has 1 N–H and O–H groups in total. The lowest BCUT2D eigenvalue weighted by Crippen LogP contribution is -2.37. The van der Waals surface area contributed by atoms with Gasteiger partial charge < -0.3 is 5.32 Å². The first-order valence-corrected chi connectivity index (χ1v) is 8.13. The van der Waals surface area contributed by atoms with E-state index in [2.05, 4.69) is 12.2 Å². The molecule has 0 aliphatic heterocycles. The number of hydrogen-bond donors (Lipinski definition) is 1. The van der Waals surface area contributed by atoms with E-state index in [-0.39, 0.29) is 10.8 Å². The molecule has 1 nitrogen and oxygen atoms in total. The standard InChI is InChI=1S/C17H25ClFN/c1-3-12-7-9-13(10-8-12)16(20-2)11-14-5-4-6-15(18)17(14)19/h4-6,12-13,16,20H,3,7-11H2,1-2H3. The Kier molecular flexibility index (Phi) is 5.86. The number of likely N-dealkylation sites (N-methyl/N-ethyl adjacent to an activating group) is 1. The zero-order chi connectivity index (χ0) is 14.5. The van der Waals surface area contributed by atoms with E-state index >= 15 is 0 Å². The van der Waals surface area contributed by atoms with E-state index in [4.69, 9.17) is 11.6 Å². The summed E-state index contributed by atoms with van der Waals surface area (Å²) in [4.78, 5) is 0. The molecule has 0 amide bonds. The summed E-state index contributed by atoms with van der Waals surface area (Å²) in [5, 5.41) is 3.62. The van der Waals surface area contributed by atoms with E-state index in [1.54, 1.807) is 6.07 Å². The van der Waals surface area contributed by atoms with Crippen molar-refractivity contribution in [3.05, 3.63) is 34.6 Å². The summed E-state index contributed by atoms with van der Waals surface area (Å²) in [5.74, 6) is 1.30. The normalized spacial score (nSPS) is 24.6. The fraction of sp³-hybridized carbons (Fsp3) is 0.647. The Hall–Kier alpha value is -0.600. The van der Waals surface area contributed by atoms with Crippen molar-refractivity contribution in [1.82, 2.24) is 5.32 Å². The van der Waals surface area contributed by atoms with Crippen LogP contribution in [-0.4, -0.2) is 13.1 Å². The Morgan fingerprint density at radius 3 is 2.60 bits per heavy atom. The van der Waals surface area contributed by atoms with Crippen molar-refractivity contribution >= 4 is 11.6 Å². The summed E-state index contributed by atoms with van der Waals surface area (Å²) in [6.45, 7) is 2.28. The minimum absolute atomic E-state index is 0.229. The van der Waals surface area contributed by atoms with Gasteiger partial charge in [-0.15, -0.1) is 0 Å². The summed E-state index contributed by atoms with van der Waals surface area (Å²) in [7, 11) is 1.99. The van der Waals surface area contributed by atoms with Crippen molar-refractivity contribution < 1.29 is 4.39 Å². The fourth-order valence-electron chi connectivity index (χ4n) is 3.45. The van der Waals surface area contributed by atoms with Crippen LogP contribution in [0.4, 0.5) is 4.39 Å². The summed E-state index contributed by atoms with van der Waals surface area (Å²) in [5.41, 5.74) is 0.731. The maximum absolute atomic E-state index is 14.0. The van der Waals surface area contributed by atoms with Crippen LogP contribution in [0.5, 0.6) is 0 Å². The van der Waals surface area contributed by atoms with Gasteiger partial charge in [-0.25, -0.2) is 4.39 Å². The molecule has 1 aliphatic carbocycles. The van der Waals surface area contributed by atoms with Crippen LogP contribution in [-0.2, 0) is 6.42 Å². The van der Waals surface area contributed by atoms with Crippen LogP contribution in [0.15, 0.2) is 18.2 Å². The Labute approximate surface area is 126 Å². The fourth-order valence-corrected chi connectivity index (χ4v) is 3.64. The first-order chi connectivity index (χ1) is 9.65. The van der Waals surface area contributed by atoms with Gasteiger partial charge in [0.15, 0.2) is 0 Å². The third kappa shape index (κ3) is 3.73. The van der Waals surface area contributed by atoms with Crippen LogP contribution in [0.1, 0.15) is 44.6 Å². The molecule has 1 aromatic carbocycles. The molecular formula is C17H25ClFN. The summed E-state index contributed by atoms with van der Waals surface area (Å²) < 4.78 is 14.0. The lowest BCUT2D eigenvalue weighted by molar-refractivity contribution is 0.221. The molecule has 0 aromatic heterocycles. The number of halogens is 2. The molecule has 0 heterocycles. The molecule has 112 valence electrons. The molecule has 2 rings (SSSR count). The van der Waals surface area contributed by atoms with E-state index in [1.807, 2.05) is 19.2 Å². The molecule has 1 aliphatic rings. The van der Waals surface area contributed by atoms with E-state index in [0.29, 0.717) is 12.0 Å². The lowest BCUT2D eigenvalue weighted by atomic mass is 9.76. The first kappa shape index (κ1) is 15.8. The van der Waals surface area contributed by atoms with Gasteiger partial charge in [0.2, 0.25) is 0 Å². The van der Waals surface area contributed by atoms with Gasteiger partial charge in [-0.1, -0.05) is 49.9 Å². The summed E-state index contributed by atoms with van der Waals surface area (Å²) in [6, 6.07) is 5.65. The molecule has 3 heteroatoms. The Morgan fingerprint density at radius 2 is 2.00 bits per heavy atom. The van der Waals surface area contributed by atoms with Crippen LogP contribution in [0, 0.1) is 17.7 Å². The van der Waals surface area contributed by atoms with Crippen LogP contribution in [0.3, 0.4) is 0 Å². The molecule has 1 unspecified atom stereocenters. The van der Waals surface area contributed by atoms with Crippen molar-refractivity contribution in [2.75, 3.05) is 7.05 Å². The van der Waals surface area contributed by atoms with Crippen molar-refractivity contribution in [2.24, 2.45) is 11.8 Å². The van der Waals surface area contributed by atoms with Crippen LogP contribution in [0.2, 0.25) is 5.02 Å². The van der Waals surface area contributed by atoms with Gasteiger partial charge in [-0.05, 0) is 49.8 Å². The van der Waals surface area contributed by atoms with Crippen molar-refractivity contribution in [2.45, 2.75) is 51.5 Å². The highest BCUT2D eigenvalue weighted by Gasteiger charge is 2.26. The van der Waals surface area contributed by atoms with Crippen LogP contribution >= 0.6 is 11.6 Å². The van der Waals surface area contributed by atoms with Crippen LogP contribution in [0.25, 0.3) is 0 Å². The topological polar surface area (TPSA) is 12.0 Å². The second kappa shape index (κ2) is 7.42. The Bertz CT molecular complexity index is 427. The van der Waals surface area contributed by atoms with Crippen molar-refractivity contribution in [1.29, 1.82) is 0 Å². The zero-order valence-corrected chi connectivity index (χ0v) is 13.2. The third-order valence-corrected chi connectivity index (χ3v) is 5.17. The highest BCUT2D eigenvalue weighted by Crippen LogP contribution is 2.33. The Balaban J connectivity index is 2.00. The first-order valence-electron chi connectivity index (χ1n) is 7.75. The zero-order valence-electron chi connectivity index (χ0n) is 12.5. The van der Waals surface area contributed by atoms with Gasteiger partial charge >= 0.3 is 0 Å². The van der Waals surface area contributed by atoms with E-state index in [0.717, 1.165) is 17.9 Å². The predicted molar refractivity (Wildman–Crippen MR) is 83.7 cm³/mol. The van der Waals surface area contributed by atoms with Gasteiger partial charge in [0.25, 0.3) is 0 Å².